The lowest BCUT2D eigenvalue weighted by Gasteiger charge is -2.37. The van der Waals surface area contributed by atoms with Crippen LogP contribution in [0.4, 0.5) is 4.79 Å². The fourth-order valence-corrected chi connectivity index (χ4v) is 4.73. The van der Waals surface area contributed by atoms with E-state index >= 15 is 0 Å². The van der Waals surface area contributed by atoms with Crippen molar-refractivity contribution >= 4 is 23.0 Å². The number of Topliss-reactive ketones (excluding diaryl/α,β-unsaturated/α-hetero) is 1. The molecule has 2 saturated heterocycles. The molecule has 2 aliphatic rings. The average Bonchev–Trinajstić information content (AvgIpc) is 3.33. The van der Waals surface area contributed by atoms with Gasteiger partial charge in [-0.05, 0) is 49.4 Å². The van der Waals surface area contributed by atoms with Crippen LogP contribution in [0.1, 0.15) is 41.6 Å². The van der Waals surface area contributed by atoms with Gasteiger partial charge in [0.1, 0.15) is 12.1 Å². The Hall–Kier alpha value is -3.15. The van der Waals surface area contributed by atoms with Crippen LogP contribution in [0.15, 0.2) is 59.3 Å². The third-order valence-electron chi connectivity index (χ3n) is 6.13. The number of aromatic nitrogens is 1. The number of hydrogen-bond donors (Lipinski definition) is 0. The number of amides is 1. The van der Waals surface area contributed by atoms with Crippen molar-refractivity contribution in [3.8, 4) is 0 Å². The maximum atomic E-state index is 13.1. The number of ketones is 1. The van der Waals surface area contributed by atoms with Crippen LogP contribution in [0.3, 0.4) is 0 Å². The summed E-state index contributed by atoms with van der Waals surface area (Å²) in [6.45, 7) is 0.273. The van der Waals surface area contributed by atoms with Gasteiger partial charge in [0.15, 0.2) is 17.8 Å². The second kappa shape index (κ2) is 7.35. The molecule has 5 rings (SSSR count). The Morgan fingerprint density at radius 1 is 1.07 bits per heavy atom. The number of piperidine rings is 1. The number of oxazole rings is 1. The maximum Gasteiger partial charge on any atom is 0.410 e. The SMILES string of the molecule is O=C(c1ccc2ocnc2c1)C1CC2CCC(C1)N2C(=O)OCc1ccccc1. The van der Waals surface area contributed by atoms with Crippen molar-refractivity contribution in [1.29, 1.82) is 0 Å². The molecule has 2 aliphatic heterocycles. The van der Waals surface area contributed by atoms with Crippen LogP contribution < -0.4 is 0 Å². The Bertz CT molecular complexity index is 1030. The predicted octanol–water partition coefficient (Wildman–Crippen LogP) is 4.59. The first-order chi connectivity index (χ1) is 14.2. The molecule has 0 spiro atoms. The number of carbonyl (C=O) groups is 2. The number of carbonyl (C=O) groups excluding carboxylic acids is 2. The van der Waals surface area contributed by atoms with Crippen LogP contribution in [-0.2, 0) is 11.3 Å². The molecule has 2 atom stereocenters. The van der Waals surface area contributed by atoms with Crippen molar-refractivity contribution in [2.24, 2.45) is 5.92 Å². The molecular formula is C23H22N2O4. The highest BCUT2D eigenvalue weighted by Crippen LogP contribution is 2.40. The van der Waals surface area contributed by atoms with Crippen molar-refractivity contribution in [2.45, 2.75) is 44.4 Å². The van der Waals surface area contributed by atoms with E-state index < -0.39 is 0 Å². The van der Waals surface area contributed by atoms with E-state index in [1.54, 1.807) is 18.2 Å². The third kappa shape index (κ3) is 3.39. The van der Waals surface area contributed by atoms with Gasteiger partial charge >= 0.3 is 6.09 Å². The van der Waals surface area contributed by atoms with Gasteiger partial charge in [0, 0.05) is 23.6 Å². The molecular weight excluding hydrogens is 368 g/mol. The average molecular weight is 390 g/mol. The van der Waals surface area contributed by atoms with E-state index in [2.05, 4.69) is 4.98 Å². The predicted molar refractivity (Wildman–Crippen MR) is 106 cm³/mol. The molecule has 2 fully saturated rings. The van der Waals surface area contributed by atoms with E-state index in [0.29, 0.717) is 29.5 Å². The van der Waals surface area contributed by atoms with E-state index in [0.717, 1.165) is 18.4 Å². The normalized spacial score (nSPS) is 23.3. The minimum Gasteiger partial charge on any atom is -0.445 e. The molecule has 2 aromatic carbocycles. The zero-order valence-corrected chi connectivity index (χ0v) is 16.0. The first kappa shape index (κ1) is 17.9. The zero-order chi connectivity index (χ0) is 19.8. The minimum atomic E-state index is -0.267. The molecule has 3 aromatic rings. The van der Waals surface area contributed by atoms with Gasteiger partial charge in [-0.3, -0.25) is 4.79 Å². The van der Waals surface area contributed by atoms with Crippen molar-refractivity contribution in [3.63, 3.8) is 0 Å². The molecule has 3 heterocycles. The highest BCUT2D eigenvalue weighted by molar-refractivity contribution is 6.00. The smallest absolute Gasteiger partial charge is 0.410 e. The van der Waals surface area contributed by atoms with Crippen LogP contribution in [0.25, 0.3) is 11.1 Å². The lowest BCUT2D eigenvalue weighted by molar-refractivity contribution is 0.0485. The van der Waals surface area contributed by atoms with Gasteiger partial charge in [0.2, 0.25) is 0 Å². The topological polar surface area (TPSA) is 72.6 Å². The van der Waals surface area contributed by atoms with Crippen LogP contribution in [0.5, 0.6) is 0 Å². The second-order valence-corrected chi connectivity index (χ2v) is 7.90. The van der Waals surface area contributed by atoms with Crippen molar-refractivity contribution < 1.29 is 18.7 Å². The second-order valence-electron chi connectivity index (χ2n) is 7.90. The Kier molecular flexibility index (Phi) is 4.54. The number of nitrogens with zero attached hydrogens (tertiary/aromatic N) is 2. The van der Waals surface area contributed by atoms with Crippen LogP contribution in [-0.4, -0.2) is 33.8 Å². The van der Waals surface area contributed by atoms with E-state index in [9.17, 15) is 9.59 Å². The van der Waals surface area contributed by atoms with Gasteiger partial charge in [-0.15, -0.1) is 0 Å². The molecule has 1 aromatic heterocycles. The Balaban J connectivity index is 1.25. The van der Waals surface area contributed by atoms with Crippen LogP contribution in [0.2, 0.25) is 0 Å². The maximum absolute atomic E-state index is 13.1. The standard InChI is InChI=1S/C23H22N2O4/c26-22(16-6-9-21-20(12-16)24-14-29-21)17-10-18-7-8-19(11-17)25(18)23(27)28-13-15-4-2-1-3-5-15/h1-6,9,12,14,17-19H,7-8,10-11,13H2. The summed E-state index contributed by atoms with van der Waals surface area (Å²) in [5, 5.41) is 0. The number of rotatable bonds is 4. The summed E-state index contributed by atoms with van der Waals surface area (Å²) in [4.78, 5) is 31.8. The largest absolute Gasteiger partial charge is 0.445 e. The minimum absolute atomic E-state index is 0.0711. The van der Waals surface area contributed by atoms with Crippen molar-refractivity contribution in [2.75, 3.05) is 0 Å². The molecule has 148 valence electrons. The summed E-state index contributed by atoms with van der Waals surface area (Å²) in [6.07, 6.45) is 4.35. The summed E-state index contributed by atoms with van der Waals surface area (Å²) in [6, 6.07) is 15.2. The number of ether oxygens (including phenoxy) is 1. The molecule has 1 amide bonds. The molecule has 6 heteroatoms. The summed E-state index contributed by atoms with van der Waals surface area (Å²) in [7, 11) is 0. The molecule has 0 saturated carbocycles. The lowest BCUT2D eigenvalue weighted by Crippen LogP contribution is -2.48. The van der Waals surface area contributed by atoms with Gasteiger partial charge in [-0.1, -0.05) is 30.3 Å². The summed E-state index contributed by atoms with van der Waals surface area (Å²) < 4.78 is 10.8. The van der Waals surface area contributed by atoms with Crippen LogP contribution >= 0.6 is 0 Å². The van der Waals surface area contributed by atoms with Crippen molar-refractivity contribution in [3.05, 3.63) is 66.1 Å². The summed E-state index contributed by atoms with van der Waals surface area (Å²) >= 11 is 0. The summed E-state index contributed by atoms with van der Waals surface area (Å²) in [5.41, 5.74) is 3.01. The first-order valence-electron chi connectivity index (χ1n) is 10.1. The van der Waals surface area contributed by atoms with Gasteiger partial charge in [-0.25, -0.2) is 9.78 Å². The highest BCUT2D eigenvalue weighted by Gasteiger charge is 2.45. The Labute approximate surface area is 168 Å². The Morgan fingerprint density at radius 3 is 2.59 bits per heavy atom. The van der Waals surface area contributed by atoms with E-state index in [1.807, 2.05) is 35.2 Å². The van der Waals surface area contributed by atoms with E-state index in [1.165, 1.54) is 6.39 Å². The molecule has 2 bridgehead atoms. The monoisotopic (exact) mass is 390 g/mol. The molecule has 6 nitrogen and oxygen atoms in total. The van der Waals surface area contributed by atoms with Gasteiger partial charge in [0.25, 0.3) is 0 Å². The van der Waals surface area contributed by atoms with E-state index in [-0.39, 0.29) is 36.5 Å². The molecule has 29 heavy (non-hydrogen) atoms. The lowest BCUT2D eigenvalue weighted by atomic mass is 9.85. The number of fused-ring (bicyclic) bond motifs is 3. The Morgan fingerprint density at radius 2 is 1.83 bits per heavy atom. The molecule has 0 radical (unpaired) electrons. The fraction of sp³-hybridized carbons (Fsp3) is 0.348. The number of benzene rings is 2. The van der Waals surface area contributed by atoms with Gasteiger partial charge in [0.05, 0.1) is 0 Å². The van der Waals surface area contributed by atoms with E-state index in [4.69, 9.17) is 9.15 Å². The first-order valence-corrected chi connectivity index (χ1v) is 10.1. The fourth-order valence-electron chi connectivity index (χ4n) is 4.73. The van der Waals surface area contributed by atoms with Gasteiger partial charge in [-0.2, -0.15) is 0 Å². The van der Waals surface area contributed by atoms with Gasteiger partial charge < -0.3 is 14.1 Å². The molecule has 2 unspecified atom stereocenters. The van der Waals surface area contributed by atoms with Crippen molar-refractivity contribution in [1.82, 2.24) is 9.88 Å². The molecule has 0 N–H and O–H groups in total. The van der Waals surface area contributed by atoms with Crippen LogP contribution in [0, 0.1) is 5.92 Å². The molecule has 0 aliphatic carbocycles. The highest BCUT2D eigenvalue weighted by atomic mass is 16.6. The summed E-state index contributed by atoms with van der Waals surface area (Å²) in [5.74, 6) is 0.0547. The zero-order valence-electron chi connectivity index (χ0n) is 16.0. The third-order valence-corrected chi connectivity index (χ3v) is 6.13. The number of hydrogen-bond acceptors (Lipinski definition) is 5. The quantitative estimate of drug-likeness (QED) is 0.609.